The Hall–Kier alpha value is -2.80. The maximum Gasteiger partial charge on any atom is 0.180 e. The molecule has 0 bridgehead atoms. The number of benzene rings is 1. The van der Waals surface area contributed by atoms with Gasteiger partial charge < -0.3 is 4.74 Å². The standard InChI is InChI=1S/C16H14N6O/c1-2-5-11(6-3-1)22-15-12(9-18-22)16-19-14(13-7-4-8-23-13)20-21(16)10-17-15/h1-3,5-6,9-10,13H,4,7-8H2/t13-/m1/s1. The van der Waals surface area contributed by atoms with Gasteiger partial charge in [0.05, 0.1) is 17.3 Å². The van der Waals surface area contributed by atoms with Crippen LogP contribution in [0.15, 0.2) is 42.9 Å². The minimum Gasteiger partial charge on any atom is -0.370 e. The van der Waals surface area contributed by atoms with Gasteiger partial charge in [0.25, 0.3) is 0 Å². The summed E-state index contributed by atoms with van der Waals surface area (Å²) in [4.78, 5) is 9.17. The van der Waals surface area contributed by atoms with Crippen LogP contribution in [0.5, 0.6) is 0 Å². The second-order valence-corrected chi connectivity index (χ2v) is 5.61. The number of aromatic nitrogens is 6. The third kappa shape index (κ3) is 1.93. The van der Waals surface area contributed by atoms with Crippen LogP contribution in [0.2, 0.25) is 0 Å². The SMILES string of the molecule is c1ccc(-n2ncc3c2ncn2nc([C@H]4CCCO4)nc32)cc1. The monoisotopic (exact) mass is 306 g/mol. The highest BCUT2D eigenvalue weighted by Gasteiger charge is 2.23. The van der Waals surface area contributed by atoms with Crippen molar-refractivity contribution in [3.63, 3.8) is 0 Å². The van der Waals surface area contributed by atoms with Gasteiger partial charge in [-0.2, -0.15) is 5.10 Å². The van der Waals surface area contributed by atoms with Crippen LogP contribution >= 0.6 is 0 Å². The van der Waals surface area contributed by atoms with Crippen LogP contribution in [0.25, 0.3) is 22.4 Å². The Kier molecular flexibility index (Phi) is 2.68. The summed E-state index contributed by atoms with van der Waals surface area (Å²) in [5.74, 6) is 0.726. The molecule has 0 aliphatic carbocycles. The number of para-hydroxylation sites is 1. The lowest BCUT2D eigenvalue weighted by molar-refractivity contribution is 0.105. The van der Waals surface area contributed by atoms with Crippen molar-refractivity contribution in [1.29, 1.82) is 0 Å². The zero-order valence-corrected chi connectivity index (χ0v) is 12.3. The number of hydrogen-bond donors (Lipinski definition) is 0. The van der Waals surface area contributed by atoms with Crippen molar-refractivity contribution in [2.24, 2.45) is 0 Å². The minimum atomic E-state index is -0.00545. The van der Waals surface area contributed by atoms with Crippen LogP contribution in [0, 0.1) is 0 Å². The molecule has 0 amide bonds. The van der Waals surface area contributed by atoms with E-state index >= 15 is 0 Å². The Labute approximate surface area is 131 Å². The topological polar surface area (TPSA) is 70.1 Å². The van der Waals surface area contributed by atoms with E-state index in [0.29, 0.717) is 0 Å². The third-order valence-electron chi connectivity index (χ3n) is 4.14. The van der Waals surface area contributed by atoms with E-state index in [-0.39, 0.29) is 6.10 Å². The van der Waals surface area contributed by atoms with E-state index < -0.39 is 0 Å². The average Bonchev–Trinajstić information content (AvgIpc) is 3.32. The van der Waals surface area contributed by atoms with E-state index in [0.717, 1.165) is 47.6 Å². The van der Waals surface area contributed by atoms with Crippen LogP contribution in [-0.4, -0.2) is 36.0 Å². The van der Waals surface area contributed by atoms with Crippen molar-refractivity contribution < 1.29 is 4.74 Å². The number of nitrogens with zero attached hydrogens (tertiary/aromatic N) is 6. The molecule has 114 valence electrons. The van der Waals surface area contributed by atoms with Gasteiger partial charge in [-0.3, -0.25) is 0 Å². The second-order valence-electron chi connectivity index (χ2n) is 5.61. The number of fused-ring (bicyclic) bond motifs is 3. The van der Waals surface area contributed by atoms with Gasteiger partial charge in [-0.15, -0.1) is 5.10 Å². The largest absolute Gasteiger partial charge is 0.370 e. The molecule has 1 atom stereocenters. The first-order valence-electron chi connectivity index (χ1n) is 7.66. The lowest BCUT2D eigenvalue weighted by atomic mass is 10.2. The first-order chi connectivity index (χ1) is 11.4. The predicted molar refractivity (Wildman–Crippen MR) is 83.3 cm³/mol. The van der Waals surface area contributed by atoms with E-state index in [9.17, 15) is 0 Å². The van der Waals surface area contributed by atoms with E-state index in [1.807, 2.05) is 35.0 Å². The molecular formula is C16H14N6O. The fraction of sp³-hybridized carbons (Fsp3) is 0.250. The van der Waals surface area contributed by atoms with Crippen molar-refractivity contribution >= 4 is 16.7 Å². The normalized spacial score (nSPS) is 18.2. The van der Waals surface area contributed by atoms with Gasteiger partial charge >= 0.3 is 0 Å². The van der Waals surface area contributed by atoms with Crippen LogP contribution in [0.4, 0.5) is 0 Å². The lowest BCUT2D eigenvalue weighted by Gasteiger charge is -2.01. The molecule has 0 saturated carbocycles. The maximum atomic E-state index is 5.68. The van der Waals surface area contributed by atoms with Gasteiger partial charge in [-0.05, 0) is 25.0 Å². The van der Waals surface area contributed by atoms with Gasteiger partial charge in [0.15, 0.2) is 17.1 Å². The Morgan fingerprint density at radius 3 is 2.87 bits per heavy atom. The average molecular weight is 306 g/mol. The van der Waals surface area contributed by atoms with E-state index in [4.69, 9.17) is 4.74 Å². The van der Waals surface area contributed by atoms with E-state index in [2.05, 4.69) is 20.2 Å². The Bertz CT molecular complexity index is 984. The summed E-state index contributed by atoms with van der Waals surface area (Å²) in [6.07, 6.45) is 5.49. The Morgan fingerprint density at radius 1 is 1.13 bits per heavy atom. The molecule has 0 unspecified atom stereocenters. The zero-order valence-electron chi connectivity index (χ0n) is 12.3. The third-order valence-corrected chi connectivity index (χ3v) is 4.14. The van der Waals surface area contributed by atoms with Crippen molar-refractivity contribution in [1.82, 2.24) is 29.4 Å². The molecule has 23 heavy (non-hydrogen) atoms. The molecule has 7 heteroatoms. The van der Waals surface area contributed by atoms with Gasteiger partial charge in [-0.25, -0.2) is 19.2 Å². The van der Waals surface area contributed by atoms with E-state index in [1.165, 1.54) is 0 Å². The number of ether oxygens (including phenoxy) is 1. The fourth-order valence-electron chi connectivity index (χ4n) is 3.01. The first kappa shape index (κ1) is 12.7. The van der Waals surface area contributed by atoms with Crippen LogP contribution in [-0.2, 0) is 4.74 Å². The highest BCUT2D eigenvalue weighted by atomic mass is 16.5. The summed E-state index contributed by atoms with van der Waals surface area (Å²) in [5.41, 5.74) is 2.51. The highest BCUT2D eigenvalue weighted by Crippen LogP contribution is 2.27. The molecule has 5 rings (SSSR count). The molecule has 1 aromatic carbocycles. The van der Waals surface area contributed by atoms with E-state index in [1.54, 1.807) is 17.0 Å². The van der Waals surface area contributed by atoms with Crippen molar-refractivity contribution in [2.45, 2.75) is 18.9 Å². The first-order valence-corrected chi connectivity index (χ1v) is 7.66. The summed E-state index contributed by atoms with van der Waals surface area (Å²) in [6.45, 7) is 0.778. The molecule has 1 fully saturated rings. The smallest absolute Gasteiger partial charge is 0.180 e. The zero-order chi connectivity index (χ0) is 15.2. The molecule has 0 spiro atoms. The maximum absolute atomic E-state index is 5.68. The molecule has 3 aromatic heterocycles. The van der Waals surface area contributed by atoms with Gasteiger partial charge in [-0.1, -0.05) is 18.2 Å². The van der Waals surface area contributed by atoms with Crippen LogP contribution in [0.3, 0.4) is 0 Å². The molecule has 0 N–H and O–H groups in total. The summed E-state index contributed by atoms with van der Waals surface area (Å²) in [6, 6.07) is 9.94. The minimum absolute atomic E-state index is 0.00545. The summed E-state index contributed by atoms with van der Waals surface area (Å²) in [5, 5.41) is 9.85. The quantitative estimate of drug-likeness (QED) is 0.568. The lowest BCUT2D eigenvalue weighted by Crippen LogP contribution is -1.99. The summed E-state index contributed by atoms with van der Waals surface area (Å²) < 4.78 is 9.20. The van der Waals surface area contributed by atoms with Gasteiger partial charge in [0.2, 0.25) is 0 Å². The Balaban J connectivity index is 1.70. The molecule has 1 aliphatic heterocycles. The summed E-state index contributed by atoms with van der Waals surface area (Å²) in [7, 11) is 0. The molecule has 7 nitrogen and oxygen atoms in total. The van der Waals surface area contributed by atoms with Crippen molar-refractivity contribution in [3.8, 4) is 5.69 Å². The molecule has 0 radical (unpaired) electrons. The van der Waals surface area contributed by atoms with Gasteiger partial charge in [0, 0.05) is 6.61 Å². The van der Waals surface area contributed by atoms with Crippen molar-refractivity contribution in [2.75, 3.05) is 6.61 Å². The predicted octanol–water partition coefficient (Wildman–Crippen LogP) is 2.31. The van der Waals surface area contributed by atoms with Crippen LogP contribution in [0.1, 0.15) is 24.8 Å². The molecule has 1 aliphatic rings. The summed E-state index contributed by atoms with van der Waals surface area (Å²) >= 11 is 0. The van der Waals surface area contributed by atoms with Gasteiger partial charge in [0.1, 0.15) is 12.4 Å². The van der Waals surface area contributed by atoms with Crippen LogP contribution < -0.4 is 0 Å². The highest BCUT2D eigenvalue weighted by molar-refractivity contribution is 5.89. The molecular weight excluding hydrogens is 292 g/mol. The number of hydrogen-bond acceptors (Lipinski definition) is 5. The number of rotatable bonds is 2. The molecule has 4 heterocycles. The fourth-order valence-corrected chi connectivity index (χ4v) is 3.01. The molecule has 4 aromatic rings. The second kappa shape index (κ2) is 4.85. The van der Waals surface area contributed by atoms with Crippen molar-refractivity contribution in [3.05, 3.63) is 48.7 Å². The Morgan fingerprint density at radius 2 is 2.04 bits per heavy atom. The molecule has 1 saturated heterocycles.